The summed E-state index contributed by atoms with van der Waals surface area (Å²) in [6, 6.07) is 14.5. The van der Waals surface area contributed by atoms with Crippen LogP contribution >= 0.6 is 11.3 Å². The average molecular weight is 544 g/mol. The molecule has 0 bridgehead atoms. The molecule has 1 aromatic heterocycles. The fraction of sp³-hybridized carbons (Fsp3) is 0.308. The number of anilines is 2. The van der Waals surface area contributed by atoms with E-state index in [9.17, 15) is 18.0 Å². The normalized spacial score (nSPS) is 13.5. The van der Waals surface area contributed by atoms with Crippen LogP contribution in [-0.2, 0) is 32.5 Å². The number of esters is 1. The van der Waals surface area contributed by atoms with Gasteiger partial charge in [-0.25, -0.2) is 13.2 Å². The van der Waals surface area contributed by atoms with E-state index in [0.29, 0.717) is 41.6 Å². The molecule has 3 aromatic rings. The van der Waals surface area contributed by atoms with Gasteiger partial charge in [0.15, 0.2) is 0 Å². The molecule has 0 fully saturated rings. The fourth-order valence-electron chi connectivity index (χ4n) is 4.14. The van der Waals surface area contributed by atoms with E-state index in [1.807, 2.05) is 14.0 Å². The van der Waals surface area contributed by atoms with Crippen LogP contribution in [0.5, 0.6) is 5.75 Å². The predicted molar refractivity (Wildman–Crippen MR) is 143 cm³/mol. The maximum Gasteiger partial charge on any atom is 0.341 e. The second-order valence-electron chi connectivity index (χ2n) is 8.49. The fourth-order valence-corrected chi connectivity index (χ4v) is 6.90. The summed E-state index contributed by atoms with van der Waals surface area (Å²) in [6.45, 7) is 3.25. The van der Waals surface area contributed by atoms with Crippen molar-refractivity contribution < 1.29 is 27.5 Å². The van der Waals surface area contributed by atoms with Gasteiger partial charge in [-0.15, -0.1) is 11.3 Å². The number of methoxy groups -OCH3 is 1. The van der Waals surface area contributed by atoms with Crippen molar-refractivity contribution in [3.63, 3.8) is 0 Å². The lowest BCUT2D eigenvalue weighted by molar-refractivity contribution is -0.114. The van der Waals surface area contributed by atoms with Gasteiger partial charge in [0.25, 0.3) is 10.0 Å². The highest BCUT2D eigenvalue weighted by atomic mass is 32.2. The molecule has 1 aliphatic heterocycles. The van der Waals surface area contributed by atoms with Crippen molar-refractivity contribution in [1.29, 1.82) is 0 Å². The number of carbonyl (C=O) groups is 2. The standard InChI is InChI=1S/C26H29N3O6S2/c1-4-35-19-10-12-20(13-11-19)37(32,33)29(18-8-6-5-7-9-18)17-23(30)27-25-24(26(31)34-3)21-14-15-28(2)16-22(21)36-25/h5-13H,4,14-17H2,1-3H3,(H,27,30). The first-order chi connectivity index (χ1) is 17.7. The van der Waals surface area contributed by atoms with Crippen molar-refractivity contribution in [2.24, 2.45) is 0 Å². The molecule has 1 amide bonds. The molecule has 37 heavy (non-hydrogen) atoms. The zero-order valence-corrected chi connectivity index (χ0v) is 22.5. The van der Waals surface area contributed by atoms with Gasteiger partial charge in [0.05, 0.1) is 29.9 Å². The molecule has 9 nitrogen and oxygen atoms in total. The number of para-hydroxylation sites is 1. The van der Waals surface area contributed by atoms with Gasteiger partial charge >= 0.3 is 5.97 Å². The first kappa shape index (κ1) is 26.6. The molecule has 4 rings (SSSR count). The number of rotatable bonds is 9. The maximum absolute atomic E-state index is 13.6. The van der Waals surface area contributed by atoms with Crippen LogP contribution in [0.1, 0.15) is 27.7 Å². The van der Waals surface area contributed by atoms with Crippen LogP contribution in [0.15, 0.2) is 59.5 Å². The SMILES string of the molecule is CCOc1ccc(S(=O)(=O)N(CC(=O)Nc2sc3c(c2C(=O)OC)CCN(C)C3)c2ccccc2)cc1. The summed E-state index contributed by atoms with van der Waals surface area (Å²) >= 11 is 1.31. The van der Waals surface area contributed by atoms with Crippen molar-refractivity contribution in [1.82, 2.24) is 4.90 Å². The van der Waals surface area contributed by atoms with Gasteiger partial charge in [0, 0.05) is 18.0 Å². The monoisotopic (exact) mass is 543 g/mol. The summed E-state index contributed by atoms with van der Waals surface area (Å²) in [4.78, 5) is 29.0. The molecule has 1 aliphatic rings. The van der Waals surface area contributed by atoms with Crippen molar-refractivity contribution in [2.45, 2.75) is 24.8 Å². The molecule has 0 saturated heterocycles. The Balaban J connectivity index is 1.64. The van der Waals surface area contributed by atoms with Gasteiger partial charge in [-0.05, 0) is 62.4 Å². The van der Waals surface area contributed by atoms with Gasteiger partial charge in [-0.3, -0.25) is 9.10 Å². The molecule has 0 atom stereocenters. The summed E-state index contributed by atoms with van der Waals surface area (Å²) in [6.07, 6.45) is 0.658. The number of hydrogen-bond donors (Lipinski definition) is 1. The highest BCUT2D eigenvalue weighted by Gasteiger charge is 2.31. The number of carbonyl (C=O) groups excluding carboxylic acids is 2. The van der Waals surface area contributed by atoms with Gasteiger partial charge in [0.1, 0.15) is 17.3 Å². The van der Waals surface area contributed by atoms with Gasteiger partial charge in [-0.2, -0.15) is 0 Å². The van der Waals surface area contributed by atoms with Crippen LogP contribution in [0.25, 0.3) is 0 Å². The van der Waals surface area contributed by atoms with E-state index in [-0.39, 0.29) is 4.90 Å². The third-order valence-corrected chi connectivity index (χ3v) is 8.86. The first-order valence-electron chi connectivity index (χ1n) is 11.8. The van der Waals surface area contributed by atoms with Gasteiger partial charge in [0.2, 0.25) is 5.91 Å². The van der Waals surface area contributed by atoms with Crippen LogP contribution in [0.4, 0.5) is 10.7 Å². The maximum atomic E-state index is 13.6. The first-order valence-corrected chi connectivity index (χ1v) is 14.0. The van der Waals surface area contributed by atoms with Crippen LogP contribution in [-0.4, -0.2) is 59.0 Å². The second kappa shape index (κ2) is 11.3. The van der Waals surface area contributed by atoms with Gasteiger partial charge < -0.3 is 19.7 Å². The molecule has 0 saturated carbocycles. The lowest BCUT2D eigenvalue weighted by Gasteiger charge is -2.24. The lowest BCUT2D eigenvalue weighted by atomic mass is 10.0. The molecular weight excluding hydrogens is 514 g/mol. The number of fused-ring (bicyclic) bond motifs is 1. The third-order valence-electron chi connectivity index (χ3n) is 5.94. The zero-order chi connectivity index (χ0) is 26.6. The summed E-state index contributed by atoms with van der Waals surface area (Å²) in [5, 5.41) is 3.15. The number of sulfonamides is 1. The van der Waals surface area contributed by atoms with E-state index in [2.05, 4.69) is 10.2 Å². The highest BCUT2D eigenvalue weighted by Crippen LogP contribution is 2.37. The lowest BCUT2D eigenvalue weighted by Crippen LogP contribution is -2.38. The molecule has 2 heterocycles. The number of thiophene rings is 1. The Morgan fingerprint density at radius 2 is 1.81 bits per heavy atom. The van der Waals surface area contributed by atoms with E-state index in [1.54, 1.807) is 42.5 Å². The number of benzene rings is 2. The molecule has 0 unspecified atom stereocenters. The minimum Gasteiger partial charge on any atom is -0.494 e. The Hall–Kier alpha value is -3.41. The summed E-state index contributed by atoms with van der Waals surface area (Å²) in [5.74, 6) is -0.553. The van der Waals surface area contributed by atoms with E-state index in [0.717, 1.165) is 21.3 Å². The van der Waals surface area contributed by atoms with E-state index < -0.39 is 28.4 Å². The number of nitrogens with one attached hydrogen (secondary N) is 1. The molecule has 11 heteroatoms. The van der Waals surface area contributed by atoms with Crippen LogP contribution in [0, 0.1) is 0 Å². The number of nitrogens with zero attached hydrogens (tertiary/aromatic N) is 2. The van der Waals surface area contributed by atoms with Crippen molar-refractivity contribution >= 4 is 43.9 Å². The molecule has 196 valence electrons. The predicted octanol–water partition coefficient (Wildman–Crippen LogP) is 3.76. The van der Waals surface area contributed by atoms with Crippen LogP contribution < -0.4 is 14.4 Å². The van der Waals surface area contributed by atoms with E-state index in [4.69, 9.17) is 9.47 Å². The molecule has 0 radical (unpaired) electrons. The van der Waals surface area contributed by atoms with Crippen LogP contribution in [0.2, 0.25) is 0 Å². The Bertz CT molecular complexity index is 1370. The smallest absolute Gasteiger partial charge is 0.341 e. The highest BCUT2D eigenvalue weighted by molar-refractivity contribution is 7.92. The molecule has 0 aliphatic carbocycles. The molecule has 1 N–H and O–H groups in total. The summed E-state index contributed by atoms with van der Waals surface area (Å²) in [5.41, 5.74) is 1.54. The Morgan fingerprint density at radius 1 is 1.11 bits per heavy atom. The molecular formula is C26H29N3O6S2. The van der Waals surface area contributed by atoms with Crippen molar-refractivity contribution in [3.8, 4) is 5.75 Å². The largest absolute Gasteiger partial charge is 0.494 e. The number of likely N-dealkylation sites (N-methyl/N-ethyl adjacent to an activating group) is 1. The summed E-state index contributed by atoms with van der Waals surface area (Å²) in [7, 11) is -0.804. The third kappa shape index (κ3) is 5.79. The van der Waals surface area contributed by atoms with E-state index >= 15 is 0 Å². The Labute approximate surface area is 220 Å². The number of amides is 1. The summed E-state index contributed by atoms with van der Waals surface area (Å²) < 4.78 is 38.7. The zero-order valence-electron chi connectivity index (χ0n) is 20.9. The van der Waals surface area contributed by atoms with Crippen LogP contribution in [0.3, 0.4) is 0 Å². The van der Waals surface area contributed by atoms with Gasteiger partial charge in [-0.1, -0.05) is 18.2 Å². The molecule has 0 spiro atoms. The van der Waals surface area contributed by atoms with Crippen molar-refractivity contribution in [2.75, 3.05) is 43.5 Å². The Morgan fingerprint density at radius 3 is 2.46 bits per heavy atom. The minimum absolute atomic E-state index is 0.0254. The molecule has 2 aromatic carbocycles. The quantitative estimate of drug-likeness (QED) is 0.410. The van der Waals surface area contributed by atoms with Crippen molar-refractivity contribution in [3.05, 3.63) is 70.6 Å². The minimum atomic E-state index is -4.09. The number of hydrogen-bond acceptors (Lipinski definition) is 8. The topological polar surface area (TPSA) is 105 Å². The number of ether oxygens (including phenoxy) is 2. The Kier molecular flexibility index (Phi) is 8.16. The average Bonchev–Trinajstić information content (AvgIpc) is 3.24. The van der Waals surface area contributed by atoms with E-state index in [1.165, 1.54) is 30.6 Å². The second-order valence-corrected chi connectivity index (χ2v) is 11.5.